The highest BCUT2D eigenvalue weighted by molar-refractivity contribution is 5.07. The van der Waals surface area contributed by atoms with Crippen molar-refractivity contribution in [3.05, 3.63) is 42.7 Å². The molecule has 0 bridgehead atoms. The first kappa shape index (κ1) is 8.98. The highest BCUT2D eigenvalue weighted by Gasteiger charge is 1.94. The number of nitrogens with zero attached hydrogens (tertiary/aromatic N) is 1. The normalized spacial score (nSPS) is 9.75. The molecule has 1 nitrogen and oxygen atoms in total. The zero-order valence-electron chi connectivity index (χ0n) is 7.66. The van der Waals surface area contributed by atoms with E-state index in [4.69, 9.17) is 0 Å². The molecule has 0 aliphatic rings. The van der Waals surface area contributed by atoms with Crippen molar-refractivity contribution in [2.45, 2.75) is 19.3 Å². The van der Waals surface area contributed by atoms with Crippen LogP contribution < -0.4 is 4.57 Å². The van der Waals surface area contributed by atoms with Crippen LogP contribution in [0, 0.1) is 0 Å². The van der Waals surface area contributed by atoms with E-state index in [1.807, 2.05) is 13.1 Å². The molecule has 64 valence electrons. The molecular weight excluding hydrogens is 146 g/mol. The molecular formula is C11H16N+. The number of pyridine rings is 1. The van der Waals surface area contributed by atoms with Crippen LogP contribution in [0.25, 0.3) is 0 Å². The fourth-order valence-electron chi connectivity index (χ4n) is 1.15. The van der Waals surface area contributed by atoms with Crippen molar-refractivity contribution in [1.82, 2.24) is 0 Å². The first-order chi connectivity index (χ1) is 5.83. The number of hydrogen-bond donors (Lipinski definition) is 0. The largest absolute Gasteiger partial charge is 0.208 e. The van der Waals surface area contributed by atoms with Crippen molar-refractivity contribution in [3.8, 4) is 0 Å². The second kappa shape index (κ2) is 4.70. The maximum atomic E-state index is 3.70. The smallest absolute Gasteiger partial charge is 0.168 e. The van der Waals surface area contributed by atoms with Gasteiger partial charge in [-0.15, -0.1) is 6.58 Å². The molecule has 1 aromatic heterocycles. The monoisotopic (exact) mass is 162 g/mol. The molecule has 0 spiro atoms. The third-order valence-electron chi connectivity index (χ3n) is 1.92. The maximum absolute atomic E-state index is 3.70. The summed E-state index contributed by atoms with van der Waals surface area (Å²) in [5.41, 5.74) is 1.41. The van der Waals surface area contributed by atoms with Crippen LogP contribution in [0.5, 0.6) is 0 Å². The van der Waals surface area contributed by atoms with Crippen molar-refractivity contribution < 1.29 is 4.57 Å². The molecule has 1 rings (SSSR count). The zero-order valence-corrected chi connectivity index (χ0v) is 7.66. The third-order valence-corrected chi connectivity index (χ3v) is 1.92. The van der Waals surface area contributed by atoms with Gasteiger partial charge in [0.15, 0.2) is 12.4 Å². The van der Waals surface area contributed by atoms with Crippen LogP contribution in [0.15, 0.2) is 37.2 Å². The molecule has 1 aromatic rings. The Labute approximate surface area is 74.4 Å². The molecule has 0 radical (unpaired) electrons. The zero-order chi connectivity index (χ0) is 8.81. The Morgan fingerprint density at radius 3 is 2.67 bits per heavy atom. The lowest BCUT2D eigenvalue weighted by Gasteiger charge is -1.96. The number of allylic oxidation sites excluding steroid dienone is 1. The van der Waals surface area contributed by atoms with Gasteiger partial charge in [0.05, 0.1) is 0 Å². The van der Waals surface area contributed by atoms with Gasteiger partial charge >= 0.3 is 0 Å². The summed E-state index contributed by atoms with van der Waals surface area (Å²) in [4.78, 5) is 0. The molecule has 0 amide bonds. The van der Waals surface area contributed by atoms with Gasteiger partial charge in [0, 0.05) is 12.1 Å². The van der Waals surface area contributed by atoms with Crippen molar-refractivity contribution in [2.24, 2.45) is 7.05 Å². The molecule has 0 saturated carbocycles. The Balaban J connectivity index is 2.42. The van der Waals surface area contributed by atoms with Gasteiger partial charge < -0.3 is 0 Å². The average Bonchev–Trinajstić information content (AvgIpc) is 2.09. The lowest BCUT2D eigenvalue weighted by molar-refractivity contribution is -0.671. The molecule has 1 heterocycles. The van der Waals surface area contributed by atoms with E-state index in [1.54, 1.807) is 0 Å². The number of unbranched alkanes of at least 4 members (excludes halogenated alkanes) is 1. The van der Waals surface area contributed by atoms with E-state index >= 15 is 0 Å². The molecule has 0 saturated heterocycles. The molecule has 0 aromatic carbocycles. The molecule has 1 heteroatoms. The quantitative estimate of drug-likeness (QED) is 0.362. The van der Waals surface area contributed by atoms with Crippen LogP contribution in [0.3, 0.4) is 0 Å². The van der Waals surface area contributed by atoms with Crippen LogP contribution in [0.1, 0.15) is 18.4 Å². The fraction of sp³-hybridized carbons (Fsp3) is 0.364. The molecule has 0 aliphatic carbocycles. The topological polar surface area (TPSA) is 3.88 Å². The second-order valence-corrected chi connectivity index (χ2v) is 3.05. The SMILES string of the molecule is C=CCCCc1cc[n+](C)cc1. The number of aryl methyl sites for hydroxylation is 2. The van der Waals surface area contributed by atoms with Crippen LogP contribution >= 0.6 is 0 Å². The van der Waals surface area contributed by atoms with Gasteiger partial charge in [-0.3, -0.25) is 0 Å². The Kier molecular flexibility index (Phi) is 3.52. The maximum Gasteiger partial charge on any atom is 0.168 e. The molecule has 0 unspecified atom stereocenters. The summed E-state index contributed by atoms with van der Waals surface area (Å²) >= 11 is 0. The van der Waals surface area contributed by atoms with Gasteiger partial charge in [0.2, 0.25) is 0 Å². The summed E-state index contributed by atoms with van der Waals surface area (Å²) in [5.74, 6) is 0. The van der Waals surface area contributed by atoms with Crippen LogP contribution in [-0.2, 0) is 13.5 Å². The lowest BCUT2D eigenvalue weighted by Crippen LogP contribution is -2.25. The number of rotatable bonds is 4. The summed E-state index contributed by atoms with van der Waals surface area (Å²) in [6.07, 6.45) is 9.63. The summed E-state index contributed by atoms with van der Waals surface area (Å²) in [6.45, 7) is 3.70. The van der Waals surface area contributed by atoms with Gasteiger partial charge in [-0.25, -0.2) is 4.57 Å². The Morgan fingerprint density at radius 2 is 2.08 bits per heavy atom. The average molecular weight is 162 g/mol. The number of aromatic nitrogens is 1. The van der Waals surface area contributed by atoms with E-state index in [0.717, 1.165) is 12.8 Å². The Hall–Kier alpha value is -1.11. The third kappa shape index (κ3) is 2.87. The van der Waals surface area contributed by atoms with E-state index in [1.165, 1.54) is 12.0 Å². The summed E-state index contributed by atoms with van der Waals surface area (Å²) < 4.78 is 2.05. The molecule has 0 atom stereocenters. The van der Waals surface area contributed by atoms with Crippen molar-refractivity contribution in [1.29, 1.82) is 0 Å². The predicted molar refractivity (Wildman–Crippen MR) is 50.8 cm³/mol. The van der Waals surface area contributed by atoms with E-state index in [0.29, 0.717) is 0 Å². The minimum Gasteiger partial charge on any atom is -0.208 e. The minimum absolute atomic E-state index is 1.11. The standard InChI is InChI=1S/C11H16N/c1-3-4-5-6-11-7-9-12(2)10-8-11/h3,7-10H,1,4-6H2,2H3/q+1. The van der Waals surface area contributed by atoms with Crippen molar-refractivity contribution in [2.75, 3.05) is 0 Å². The summed E-state index contributed by atoms with van der Waals surface area (Å²) in [6, 6.07) is 4.34. The molecule has 12 heavy (non-hydrogen) atoms. The predicted octanol–water partition coefficient (Wildman–Crippen LogP) is 2.02. The van der Waals surface area contributed by atoms with E-state index in [2.05, 4.69) is 35.7 Å². The van der Waals surface area contributed by atoms with Gasteiger partial charge in [0.1, 0.15) is 7.05 Å². The van der Waals surface area contributed by atoms with Crippen LogP contribution in [0.2, 0.25) is 0 Å². The van der Waals surface area contributed by atoms with Gasteiger partial charge in [-0.1, -0.05) is 6.08 Å². The summed E-state index contributed by atoms with van der Waals surface area (Å²) in [5, 5.41) is 0. The first-order valence-electron chi connectivity index (χ1n) is 4.38. The lowest BCUT2D eigenvalue weighted by atomic mass is 10.1. The van der Waals surface area contributed by atoms with Gasteiger partial charge in [0.25, 0.3) is 0 Å². The second-order valence-electron chi connectivity index (χ2n) is 3.05. The van der Waals surface area contributed by atoms with E-state index < -0.39 is 0 Å². The van der Waals surface area contributed by atoms with Crippen molar-refractivity contribution >= 4 is 0 Å². The summed E-state index contributed by atoms with van der Waals surface area (Å²) in [7, 11) is 2.04. The van der Waals surface area contributed by atoms with Crippen molar-refractivity contribution in [3.63, 3.8) is 0 Å². The minimum atomic E-state index is 1.11. The molecule has 0 N–H and O–H groups in total. The van der Waals surface area contributed by atoms with Gasteiger partial charge in [-0.2, -0.15) is 0 Å². The van der Waals surface area contributed by atoms with E-state index in [-0.39, 0.29) is 0 Å². The Morgan fingerprint density at radius 1 is 1.42 bits per heavy atom. The Bertz CT molecular complexity index is 236. The molecule has 0 aliphatic heterocycles. The highest BCUT2D eigenvalue weighted by atomic mass is 14.9. The first-order valence-corrected chi connectivity index (χ1v) is 4.38. The van der Waals surface area contributed by atoms with Gasteiger partial charge in [-0.05, 0) is 24.8 Å². The van der Waals surface area contributed by atoms with Crippen LogP contribution in [0.4, 0.5) is 0 Å². The van der Waals surface area contributed by atoms with E-state index in [9.17, 15) is 0 Å². The molecule has 0 fully saturated rings. The number of hydrogen-bond acceptors (Lipinski definition) is 0. The highest BCUT2D eigenvalue weighted by Crippen LogP contribution is 2.02. The van der Waals surface area contributed by atoms with Crippen LogP contribution in [-0.4, -0.2) is 0 Å². The fourth-order valence-corrected chi connectivity index (χ4v) is 1.15.